The predicted molar refractivity (Wildman–Crippen MR) is 158 cm³/mol. The molecule has 0 spiro atoms. The second kappa shape index (κ2) is 10.8. The summed E-state index contributed by atoms with van der Waals surface area (Å²) in [6, 6.07) is 14.2. The lowest BCUT2D eigenvalue weighted by Crippen LogP contribution is -2.51. The summed E-state index contributed by atoms with van der Waals surface area (Å²) in [5.74, 6) is 0.846. The van der Waals surface area contributed by atoms with Crippen molar-refractivity contribution in [2.75, 3.05) is 32.4 Å². The number of rotatable bonds is 6. The number of aryl methyl sites for hydroxylation is 1. The van der Waals surface area contributed by atoms with Gasteiger partial charge in [0.1, 0.15) is 17.0 Å². The molecule has 1 saturated carbocycles. The number of aromatic nitrogens is 2. The maximum Gasteiger partial charge on any atom is 0.274 e. The first kappa shape index (κ1) is 27.3. The number of nitrogens with one attached hydrogen (secondary N) is 1. The van der Waals surface area contributed by atoms with Crippen LogP contribution >= 0.6 is 0 Å². The summed E-state index contributed by atoms with van der Waals surface area (Å²) in [6.45, 7) is 3.21. The van der Waals surface area contributed by atoms with E-state index in [1.807, 2.05) is 4.90 Å². The minimum atomic E-state index is -3.51. The maximum atomic E-state index is 13.4. The Labute approximate surface area is 239 Å². The minimum Gasteiger partial charge on any atom is -0.457 e. The monoisotopic (exact) mass is 574 g/mol. The molecule has 1 aliphatic carbocycles. The first-order valence-corrected chi connectivity index (χ1v) is 15.9. The Morgan fingerprint density at radius 3 is 2.46 bits per heavy atom. The number of amides is 1. The molecule has 2 aromatic carbocycles. The van der Waals surface area contributed by atoms with Crippen LogP contribution in [0, 0.1) is 0 Å². The molecule has 1 N–H and O–H groups in total. The molecule has 9 nitrogen and oxygen atoms in total. The Kier molecular flexibility index (Phi) is 7.21. The van der Waals surface area contributed by atoms with Crippen molar-refractivity contribution in [2.24, 2.45) is 7.05 Å². The number of carbonyl (C=O) groups excluding carboxylic acids is 1. The molecule has 1 amide bonds. The largest absolute Gasteiger partial charge is 0.457 e. The highest BCUT2D eigenvalue weighted by Crippen LogP contribution is 2.38. The van der Waals surface area contributed by atoms with Crippen LogP contribution in [0.4, 0.5) is 0 Å². The fraction of sp³-hybridized carbons (Fsp3) is 0.355. The summed E-state index contributed by atoms with van der Waals surface area (Å²) < 4.78 is 32.7. The van der Waals surface area contributed by atoms with Crippen molar-refractivity contribution in [1.29, 1.82) is 0 Å². The summed E-state index contributed by atoms with van der Waals surface area (Å²) >= 11 is 0. The summed E-state index contributed by atoms with van der Waals surface area (Å²) in [4.78, 5) is 33.6. The van der Waals surface area contributed by atoms with E-state index in [1.165, 1.54) is 36.3 Å². The number of hydrogen-bond donors (Lipinski definition) is 1. The number of sulfone groups is 1. The van der Waals surface area contributed by atoms with Crippen molar-refractivity contribution in [3.05, 3.63) is 76.8 Å². The van der Waals surface area contributed by atoms with E-state index in [-0.39, 0.29) is 16.4 Å². The van der Waals surface area contributed by atoms with Gasteiger partial charge in [-0.25, -0.2) is 8.42 Å². The SMILES string of the molecule is Cn1cc(-c2cc(S(C)(=O)=O)ccc2Oc2cccc(C(=O)N3CCN(C4CCCC4)CC3)c2)c2cc[nH]c2c1=O. The molecule has 0 bridgehead atoms. The fourth-order valence-corrected chi connectivity index (χ4v) is 6.73. The maximum absolute atomic E-state index is 13.4. The second-order valence-corrected chi connectivity index (χ2v) is 13.1. The zero-order chi connectivity index (χ0) is 28.7. The molecule has 0 radical (unpaired) electrons. The van der Waals surface area contributed by atoms with Gasteiger partial charge in [0.2, 0.25) is 0 Å². The average Bonchev–Trinajstić information content (AvgIpc) is 3.68. The van der Waals surface area contributed by atoms with Gasteiger partial charge in [-0.3, -0.25) is 14.5 Å². The van der Waals surface area contributed by atoms with Crippen LogP contribution in [0.5, 0.6) is 11.5 Å². The van der Waals surface area contributed by atoms with Crippen molar-refractivity contribution in [2.45, 2.75) is 36.6 Å². The molecule has 4 aromatic rings. The smallest absolute Gasteiger partial charge is 0.274 e. The average molecular weight is 575 g/mol. The van der Waals surface area contributed by atoms with E-state index in [4.69, 9.17) is 4.74 Å². The van der Waals surface area contributed by atoms with Crippen LogP contribution in [-0.2, 0) is 16.9 Å². The first-order chi connectivity index (χ1) is 19.7. The highest BCUT2D eigenvalue weighted by Gasteiger charge is 2.28. The lowest BCUT2D eigenvalue weighted by molar-refractivity contribution is 0.0573. The number of benzene rings is 2. The van der Waals surface area contributed by atoms with Gasteiger partial charge in [0, 0.05) is 80.0 Å². The van der Waals surface area contributed by atoms with Gasteiger partial charge in [-0.1, -0.05) is 18.9 Å². The van der Waals surface area contributed by atoms with Crippen LogP contribution < -0.4 is 10.3 Å². The van der Waals surface area contributed by atoms with Crippen molar-refractivity contribution < 1.29 is 17.9 Å². The molecule has 3 heterocycles. The van der Waals surface area contributed by atoms with E-state index >= 15 is 0 Å². The summed E-state index contributed by atoms with van der Waals surface area (Å²) in [6.07, 6.45) is 9.63. The Morgan fingerprint density at radius 2 is 1.73 bits per heavy atom. The highest BCUT2D eigenvalue weighted by atomic mass is 32.2. The van der Waals surface area contributed by atoms with Gasteiger partial charge in [-0.15, -0.1) is 0 Å². The Morgan fingerprint density at radius 1 is 0.976 bits per heavy atom. The summed E-state index contributed by atoms with van der Waals surface area (Å²) in [7, 11) is -1.86. The van der Waals surface area contributed by atoms with Crippen LogP contribution in [0.3, 0.4) is 0 Å². The third-order valence-corrected chi connectivity index (χ3v) is 9.43. The number of hydrogen-bond acceptors (Lipinski definition) is 6. The van der Waals surface area contributed by atoms with Crippen LogP contribution in [0.25, 0.3) is 22.0 Å². The van der Waals surface area contributed by atoms with Gasteiger partial charge in [-0.2, -0.15) is 0 Å². The second-order valence-electron chi connectivity index (χ2n) is 11.1. The molecule has 10 heteroatoms. The molecule has 6 rings (SSSR count). The molecule has 1 aliphatic heterocycles. The zero-order valence-electron chi connectivity index (χ0n) is 23.3. The van der Waals surface area contributed by atoms with Crippen molar-refractivity contribution in [1.82, 2.24) is 19.4 Å². The standard InChI is InChI=1S/C31H34N4O5S/c1-33-20-27(25-12-13-32-29(25)31(33)37)26-19-24(41(2,38)39)10-11-28(26)40-23-9-5-6-21(18-23)30(36)35-16-14-34(15-17-35)22-7-3-4-8-22/h5-6,9-13,18-20,22,32H,3-4,7-8,14-17H2,1-2H3. The van der Waals surface area contributed by atoms with Crippen molar-refractivity contribution in [3.8, 4) is 22.6 Å². The number of pyridine rings is 1. The number of nitrogens with zero attached hydrogens (tertiary/aromatic N) is 3. The van der Waals surface area contributed by atoms with E-state index in [0.717, 1.165) is 19.3 Å². The number of aromatic amines is 1. The van der Waals surface area contributed by atoms with Crippen molar-refractivity contribution >= 4 is 26.6 Å². The highest BCUT2D eigenvalue weighted by molar-refractivity contribution is 7.90. The molecular formula is C31H34N4O5S. The lowest BCUT2D eigenvalue weighted by atomic mass is 10.0. The molecule has 0 atom stereocenters. The van der Waals surface area contributed by atoms with Crippen molar-refractivity contribution in [3.63, 3.8) is 0 Å². The quantitative estimate of drug-likeness (QED) is 0.365. The van der Waals surface area contributed by atoms with Crippen LogP contribution in [-0.4, -0.2) is 72.2 Å². The molecule has 2 fully saturated rings. The zero-order valence-corrected chi connectivity index (χ0v) is 24.1. The lowest BCUT2D eigenvalue weighted by Gasteiger charge is -2.38. The third kappa shape index (κ3) is 5.41. The molecular weight excluding hydrogens is 540 g/mol. The molecule has 2 aliphatic rings. The summed E-state index contributed by atoms with van der Waals surface area (Å²) in [5, 5.41) is 0.657. The van der Waals surface area contributed by atoms with Gasteiger partial charge in [0.05, 0.1) is 4.90 Å². The van der Waals surface area contributed by atoms with E-state index in [9.17, 15) is 18.0 Å². The van der Waals surface area contributed by atoms with E-state index in [0.29, 0.717) is 58.2 Å². The molecule has 41 heavy (non-hydrogen) atoms. The van der Waals surface area contributed by atoms with E-state index in [1.54, 1.807) is 61.9 Å². The number of fused-ring (bicyclic) bond motifs is 1. The number of ether oxygens (including phenoxy) is 1. The normalized spacial score (nSPS) is 16.9. The van der Waals surface area contributed by atoms with Gasteiger partial charge >= 0.3 is 0 Å². The van der Waals surface area contributed by atoms with Crippen LogP contribution in [0.1, 0.15) is 36.0 Å². The molecule has 214 valence electrons. The Bertz CT molecular complexity index is 1780. The van der Waals surface area contributed by atoms with Crippen LogP contribution in [0.15, 0.2) is 70.6 Å². The van der Waals surface area contributed by atoms with E-state index in [2.05, 4.69) is 9.88 Å². The topological polar surface area (TPSA) is 105 Å². The minimum absolute atomic E-state index is 0.0266. The first-order valence-electron chi connectivity index (χ1n) is 14.0. The van der Waals surface area contributed by atoms with Gasteiger partial charge in [-0.05, 0) is 55.3 Å². The third-order valence-electron chi connectivity index (χ3n) is 8.31. The summed E-state index contributed by atoms with van der Waals surface area (Å²) in [5.41, 5.74) is 1.94. The predicted octanol–water partition coefficient (Wildman–Crippen LogP) is 4.43. The number of H-pyrrole nitrogens is 1. The van der Waals surface area contributed by atoms with E-state index < -0.39 is 9.84 Å². The Hall–Kier alpha value is -3.89. The van der Waals surface area contributed by atoms with Gasteiger partial charge in [0.25, 0.3) is 11.5 Å². The van der Waals surface area contributed by atoms with Gasteiger partial charge < -0.3 is 19.2 Å². The van der Waals surface area contributed by atoms with Gasteiger partial charge in [0.15, 0.2) is 9.84 Å². The number of piperazine rings is 1. The fourth-order valence-electron chi connectivity index (χ4n) is 6.08. The molecule has 0 unspecified atom stereocenters. The Balaban J connectivity index is 1.30. The molecule has 2 aromatic heterocycles. The van der Waals surface area contributed by atoms with Crippen LogP contribution in [0.2, 0.25) is 0 Å². The number of carbonyl (C=O) groups is 1. The molecule has 1 saturated heterocycles.